The van der Waals surface area contributed by atoms with Gasteiger partial charge in [-0.2, -0.15) is 0 Å². The molecule has 2 unspecified atom stereocenters. The molecule has 4 nitrogen and oxygen atoms in total. The fourth-order valence-electron chi connectivity index (χ4n) is 3.16. The average Bonchev–Trinajstić information content (AvgIpc) is 2.44. The molecule has 0 heterocycles. The molecule has 1 aromatic rings. The van der Waals surface area contributed by atoms with Crippen LogP contribution in [0.5, 0.6) is 0 Å². The molecule has 4 heteroatoms. The second-order valence-electron chi connectivity index (χ2n) is 7.69. The molecular formula is C19H30N2O2. The summed E-state index contributed by atoms with van der Waals surface area (Å²) in [7, 11) is 0. The summed E-state index contributed by atoms with van der Waals surface area (Å²) in [6.45, 7) is 8.88. The van der Waals surface area contributed by atoms with Gasteiger partial charge in [0, 0.05) is 6.54 Å². The molecule has 0 aliphatic heterocycles. The normalized spacial score (nSPS) is 21.6. The smallest absolute Gasteiger partial charge is 0.412 e. The van der Waals surface area contributed by atoms with E-state index in [1.807, 2.05) is 45.0 Å². The van der Waals surface area contributed by atoms with Gasteiger partial charge in [-0.15, -0.1) is 0 Å². The lowest BCUT2D eigenvalue weighted by molar-refractivity contribution is 0.0636. The maximum atomic E-state index is 12.0. The predicted octanol–water partition coefficient (Wildman–Crippen LogP) is 5.27. The van der Waals surface area contributed by atoms with Gasteiger partial charge in [-0.25, -0.2) is 4.79 Å². The molecule has 1 aliphatic carbocycles. The topological polar surface area (TPSA) is 50.4 Å². The molecule has 0 saturated heterocycles. The molecule has 2 N–H and O–H groups in total. The van der Waals surface area contributed by atoms with Crippen molar-refractivity contribution in [2.24, 2.45) is 11.8 Å². The summed E-state index contributed by atoms with van der Waals surface area (Å²) in [5.74, 6) is 1.54. The molecular weight excluding hydrogens is 288 g/mol. The largest absolute Gasteiger partial charge is 0.444 e. The van der Waals surface area contributed by atoms with Gasteiger partial charge in [-0.3, -0.25) is 5.32 Å². The fraction of sp³-hybridized carbons (Fsp3) is 0.632. The minimum Gasteiger partial charge on any atom is -0.444 e. The van der Waals surface area contributed by atoms with Crippen LogP contribution in [0.25, 0.3) is 0 Å². The van der Waals surface area contributed by atoms with E-state index in [4.69, 9.17) is 4.74 Å². The Morgan fingerprint density at radius 1 is 1.22 bits per heavy atom. The number of rotatable bonds is 4. The summed E-state index contributed by atoms with van der Waals surface area (Å²) in [5, 5.41) is 6.34. The van der Waals surface area contributed by atoms with Crippen LogP contribution in [-0.2, 0) is 4.74 Å². The van der Waals surface area contributed by atoms with Gasteiger partial charge in [0.25, 0.3) is 0 Å². The Labute approximate surface area is 140 Å². The van der Waals surface area contributed by atoms with E-state index in [0.717, 1.165) is 23.8 Å². The molecule has 2 atom stereocenters. The highest BCUT2D eigenvalue weighted by molar-refractivity contribution is 5.89. The molecule has 0 spiro atoms. The van der Waals surface area contributed by atoms with Crippen LogP contribution in [0, 0.1) is 11.8 Å². The van der Waals surface area contributed by atoms with Gasteiger partial charge in [0.1, 0.15) is 5.60 Å². The van der Waals surface area contributed by atoms with Crippen molar-refractivity contribution in [1.29, 1.82) is 0 Å². The van der Waals surface area contributed by atoms with Gasteiger partial charge in [-0.05, 0) is 57.6 Å². The van der Waals surface area contributed by atoms with Crippen LogP contribution in [0.15, 0.2) is 24.3 Å². The molecule has 1 fully saturated rings. The van der Waals surface area contributed by atoms with Crippen LogP contribution < -0.4 is 10.6 Å². The standard InChI is InChI=1S/C19H30N2O2/c1-14-8-7-9-15(12-14)13-20-16-10-5-6-11-17(16)21-18(22)23-19(2,3)4/h5-6,10-11,14-15,20H,7-9,12-13H2,1-4H3,(H,21,22). The third-order valence-electron chi connectivity index (χ3n) is 4.19. The van der Waals surface area contributed by atoms with E-state index in [0.29, 0.717) is 5.92 Å². The van der Waals surface area contributed by atoms with Crippen molar-refractivity contribution < 1.29 is 9.53 Å². The van der Waals surface area contributed by atoms with Gasteiger partial charge in [-0.1, -0.05) is 31.9 Å². The lowest BCUT2D eigenvalue weighted by atomic mass is 9.82. The molecule has 1 saturated carbocycles. The van der Waals surface area contributed by atoms with Crippen LogP contribution in [0.4, 0.5) is 16.2 Å². The molecule has 0 aromatic heterocycles. The number of ether oxygens (including phenoxy) is 1. The van der Waals surface area contributed by atoms with Gasteiger partial charge in [0.05, 0.1) is 11.4 Å². The summed E-state index contributed by atoms with van der Waals surface area (Å²) in [4.78, 5) is 12.0. The molecule has 0 bridgehead atoms. The maximum absolute atomic E-state index is 12.0. The Hall–Kier alpha value is -1.71. The molecule has 1 amide bonds. The number of hydrogen-bond donors (Lipinski definition) is 2. The first-order valence-corrected chi connectivity index (χ1v) is 8.66. The number of anilines is 2. The monoisotopic (exact) mass is 318 g/mol. The third kappa shape index (κ3) is 6.12. The zero-order valence-corrected chi connectivity index (χ0v) is 14.8. The Morgan fingerprint density at radius 3 is 2.57 bits per heavy atom. The summed E-state index contributed by atoms with van der Waals surface area (Å²) in [6.07, 6.45) is 4.84. The van der Waals surface area contributed by atoms with Crippen molar-refractivity contribution in [3.05, 3.63) is 24.3 Å². The SMILES string of the molecule is CC1CCCC(CNc2ccccc2NC(=O)OC(C)(C)C)C1. The van der Waals surface area contributed by atoms with Crippen LogP contribution >= 0.6 is 0 Å². The Balaban J connectivity index is 1.93. The lowest BCUT2D eigenvalue weighted by Gasteiger charge is -2.27. The number of carbonyl (C=O) groups is 1. The molecule has 23 heavy (non-hydrogen) atoms. The number of amides is 1. The zero-order chi connectivity index (χ0) is 16.9. The minimum atomic E-state index is -0.495. The maximum Gasteiger partial charge on any atom is 0.412 e. The van der Waals surface area contributed by atoms with Crippen LogP contribution in [0.2, 0.25) is 0 Å². The number of para-hydroxylation sites is 2. The zero-order valence-electron chi connectivity index (χ0n) is 14.8. The Bertz CT molecular complexity index is 522. The molecule has 128 valence electrons. The lowest BCUT2D eigenvalue weighted by Crippen LogP contribution is -2.27. The van der Waals surface area contributed by atoms with Crippen LogP contribution in [-0.4, -0.2) is 18.2 Å². The first-order chi connectivity index (χ1) is 10.8. The number of hydrogen-bond acceptors (Lipinski definition) is 3. The number of carbonyl (C=O) groups excluding carboxylic acids is 1. The molecule has 1 aromatic carbocycles. The molecule has 0 radical (unpaired) electrons. The summed E-state index contributed by atoms with van der Waals surface area (Å²) >= 11 is 0. The first kappa shape index (κ1) is 17.6. The van der Waals surface area contributed by atoms with E-state index in [-0.39, 0.29) is 0 Å². The number of benzene rings is 1. The third-order valence-corrected chi connectivity index (χ3v) is 4.19. The highest BCUT2D eigenvalue weighted by Crippen LogP contribution is 2.30. The Kier molecular flexibility index (Phi) is 5.91. The van der Waals surface area contributed by atoms with Crippen molar-refractivity contribution >= 4 is 17.5 Å². The van der Waals surface area contributed by atoms with E-state index in [1.165, 1.54) is 25.7 Å². The van der Waals surface area contributed by atoms with Crippen molar-refractivity contribution in [2.75, 3.05) is 17.2 Å². The van der Waals surface area contributed by atoms with Gasteiger partial charge in [0.2, 0.25) is 0 Å². The summed E-state index contributed by atoms with van der Waals surface area (Å²) in [6, 6.07) is 7.79. The second kappa shape index (κ2) is 7.71. The fourth-order valence-corrected chi connectivity index (χ4v) is 3.16. The van der Waals surface area contributed by atoms with E-state index in [9.17, 15) is 4.79 Å². The average molecular weight is 318 g/mol. The van der Waals surface area contributed by atoms with Gasteiger partial charge < -0.3 is 10.1 Å². The number of nitrogens with one attached hydrogen (secondary N) is 2. The highest BCUT2D eigenvalue weighted by Gasteiger charge is 2.20. The van der Waals surface area contributed by atoms with E-state index in [1.54, 1.807) is 0 Å². The van der Waals surface area contributed by atoms with Crippen molar-refractivity contribution in [2.45, 2.75) is 59.0 Å². The van der Waals surface area contributed by atoms with Crippen LogP contribution in [0.1, 0.15) is 53.4 Å². The van der Waals surface area contributed by atoms with Crippen molar-refractivity contribution in [3.63, 3.8) is 0 Å². The second-order valence-corrected chi connectivity index (χ2v) is 7.69. The molecule has 2 rings (SSSR count). The van der Waals surface area contributed by atoms with Gasteiger partial charge >= 0.3 is 6.09 Å². The Morgan fingerprint density at radius 2 is 1.91 bits per heavy atom. The van der Waals surface area contributed by atoms with E-state index >= 15 is 0 Å². The first-order valence-electron chi connectivity index (χ1n) is 8.66. The van der Waals surface area contributed by atoms with E-state index < -0.39 is 11.7 Å². The highest BCUT2D eigenvalue weighted by atomic mass is 16.6. The quantitative estimate of drug-likeness (QED) is 0.795. The van der Waals surface area contributed by atoms with Gasteiger partial charge in [0.15, 0.2) is 0 Å². The van der Waals surface area contributed by atoms with Crippen molar-refractivity contribution in [1.82, 2.24) is 0 Å². The molecule has 1 aliphatic rings. The minimum absolute atomic E-state index is 0.418. The summed E-state index contributed by atoms with van der Waals surface area (Å²) < 4.78 is 5.33. The van der Waals surface area contributed by atoms with Crippen LogP contribution in [0.3, 0.4) is 0 Å². The predicted molar refractivity (Wildman–Crippen MR) is 95.9 cm³/mol. The summed E-state index contributed by atoms with van der Waals surface area (Å²) in [5.41, 5.74) is 1.23. The van der Waals surface area contributed by atoms with Crippen molar-refractivity contribution in [3.8, 4) is 0 Å². The van der Waals surface area contributed by atoms with E-state index in [2.05, 4.69) is 17.6 Å².